The number of amides is 1. The van der Waals surface area contributed by atoms with Crippen molar-refractivity contribution in [2.75, 3.05) is 13.2 Å². The van der Waals surface area contributed by atoms with Crippen molar-refractivity contribution >= 4 is 18.1 Å². The summed E-state index contributed by atoms with van der Waals surface area (Å²) in [5, 5.41) is 10.1. The van der Waals surface area contributed by atoms with Gasteiger partial charge >= 0.3 is 0 Å². The zero-order valence-corrected chi connectivity index (χ0v) is 17.6. The lowest BCUT2D eigenvalue weighted by Gasteiger charge is -2.09. The number of ether oxygens (including phenoxy) is 1. The molecule has 0 atom stereocenters. The van der Waals surface area contributed by atoms with Crippen LogP contribution in [0.25, 0.3) is 11.4 Å². The third kappa shape index (κ3) is 6.02. The minimum absolute atomic E-state index is 0.0153. The number of aromatic nitrogens is 3. The molecule has 0 unspecified atom stereocenters. The molecule has 2 aromatic carbocycles. The number of hydrogen-bond acceptors (Lipinski definition) is 4. The van der Waals surface area contributed by atoms with Crippen LogP contribution in [-0.2, 0) is 11.3 Å². The molecule has 7 heteroatoms. The number of benzene rings is 2. The van der Waals surface area contributed by atoms with Gasteiger partial charge in [-0.3, -0.25) is 14.5 Å². The van der Waals surface area contributed by atoms with E-state index in [1.807, 2.05) is 66.9 Å². The summed E-state index contributed by atoms with van der Waals surface area (Å²) in [6, 6.07) is 16.0. The molecule has 1 heterocycles. The van der Waals surface area contributed by atoms with Crippen molar-refractivity contribution in [2.45, 2.75) is 33.2 Å². The third-order valence-corrected chi connectivity index (χ3v) is 4.84. The first kappa shape index (κ1) is 20.8. The van der Waals surface area contributed by atoms with Gasteiger partial charge in [0.15, 0.2) is 10.6 Å². The third-order valence-electron chi connectivity index (χ3n) is 4.53. The van der Waals surface area contributed by atoms with Gasteiger partial charge in [0.25, 0.3) is 0 Å². The maximum absolute atomic E-state index is 12.2. The van der Waals surface area contributed by atoms with E-state index in [4.69, 9.17) is 17.0 Å². The minimum Gasteiger partial charge on any atom is -0.494 e. The molecule has 152 valence electrons. The monoisotopic (exact) mass is 410 g/mol. The van der Waals surface area contributed by atoms with Crippen molar-refractivity contribution in [3.05, 3.63) is 64.4 Å². The second-order valence-corrected chi connectivity index (χ2v) is 7.38. The molecule has 0 radical (unpaired) electrons. The summed E-state index contributed by atoms with van der Waals surface area (Å²) < 4.78 is 8.07. The van der Waals surface area contributed by atoms with E-state index < -0.39 is 0 Å². The van der Waals surface area contributed by atoms with Gasteiger partial charge < -0.3 is 10.1 Å². The van der Waals surface area contributed by atoms with Gasteiger partial charge in [-0.1, -0.05) is 42.0 Å². The van der Waals surface area contributed by atoms with Crippen LogP contribution in [0.2, 0.25) is 0 Å². The van der Waals surface area contributed by atoms with Crippen LogP contribution < -0.4 is 10.1 Å². The molecule has 1 amide bonds. The molecule has 3 rings (SSSR count). The molecule has 1 aromatic heterocycles. The lowest BCUT2D eigenvalue weighted by molar-refractivity contribution is -0.121. The van der Waals surface area contributed by atoms with E-state index in [1.165, 1.54) is 11.1 Å². The molecule has 6 nitrogen and oxygen atoms in total. The first-order chi connectivity index (χ1) is 14.0. The number of nitrogens with zero attached hydrogens (tertiary/aromatic N) is 2. The van der Waals surface area contributed by atoms with Crippen LogP contribution >= 0.6 is 12.2 Å². The summed E-state index contributed by atoms with van der Waals surface area (Å²) in [7, 11) is 0. The largest absolute Gasteiger partial charge is 0.494 e. The molecule has 29 heavy (non-hydrogen) atoms. The summed E-state index contributed by atoms with van der Waals surface area (Å²) in [6.07, 6.45) is 1.09. The summed E-state index contributed by atoms with van der Waals surface area (Å²) in [5.41, 5.74) is 3.32. The van der Waals surface area contributed by atoms with Crippen LogP contribution in [0.5, 0.6) is 5.75 Å². The van der Waals surface area contributed by atoms with Crippen LogP contribution in [0.3, 0.4) is 0 Å². The molecule has 0 saturated heterocycles. The molecule has 2 N–H and O–H groups in total. The first-order valence-corrected chi connectivity index (χ1v) is 10.1. The Bertz CT molecular complexity index is 1010. The van der Waals surface area contributed by atoms with Crippen LogP contribution in [0, 0.1) is 18.6 Å². The molecular weight excluding hydrogens is 384 g/mol. The zero-order valence-electron chi connectivity index (χ0n) is 16.8. The van der Waals surface area contributed by atoms with Crippen molar-refractivity contribution in [3.63, 3.8) is 0 Å². The smallest absolute Gasteiger partial charge is 0.221 e. The van der Waals surface area contributed by atoms with Crippen LogP contribution in [0.15, 0.2) is 48.5 Å². The van der Waals surface area contributed by atoms with E-state index >= 15 is 0 Å². The number of aryl methyl sites for hydroxylation is 2. The topological polar surface area (TPSA) is 71.9 Å². The minimum atomic E-state index is -0.0153. The summed E-state index contributed by atoms with van der Waals surface area (Å²) in [4.78, 5) is 12.2. The van der Waals surface area contributed by atoms with Crippen LogP contribution in [-0.4, -0.2) is 33.8 Å². The lowest BCUT2D eigenvalue weighted by atomic mass is 10.1. The molecule has 0 spiro atoms. The van der Waals surface area contributed by atoms with Gasteiger partial charge in [-0.15, -0.1) is 0 Å². The highest BCUT2D eigenvalue weighted by Crippen LogP contribution is 2.18. The SMILES string of the molecule is Cc1ccc(-c2n[nH]c(=S)n2CCC(=O)NCCCOc2cccc(C)c2)cc1. The molecule has 0 fully saturated rings. The van der Waals surface area contributed by atoms with Gasteiger partial charge in [-0.25, -0.2) is 0 Å². The molecule has 0 aliphatic heterocycles. The van der Waals surface area contributed by atoms with Gasteiger partial charge in [0, 0.05) is 25.1 Å². The maximum atomic E-state index is 12.2. The average Bonchev–Trinajstić information content (AvgIpc) is 3.07. The molecule has 0 saturated carbocycles. The fourth-order valence-electron chi connectivity index (χ4n) is 2.94. The lowest BCUT2D eigenvalue weighted by Crippen LogP contribution is -2.26. The van der Waals surface area contributed by atoms with Crippen molar-refractivity contribution in [2.24, 2.45) is 0 Å². The van der Waals surface area contributed by atoms with Gasteiger partial charge in [-0.05, 0) is 50.2 Å². The first-order valence-electron chi connectivity index (χ1n) is 9.71. The standard InChI is InChI=1S/C22H26N4O2S/c1-16-7-9-18(10-8-16)21-24-25-22(29)26(21)13-11-20(27)23-12-4-14-28-19-6-3-5-17(2)15-19/h3,5-10,15H,4,11-14H2,1-2H3,(H,23,27)(H,25,29). The van der Waals surface area contributed by atoms with E-state index in [9.17, 15) is 4.79 Å². The Kier molecular flexibility index (Phi) is 7.19. The number of H-pyrrole nitrogens is 1. The maximum Gasteiger partial charge on any atom is 0.221 e. The number of carbonyl (C=O) groups excluding carboxylic acids is 1. The number of carbonyl (C=O) groups is 1. The number of hydrogen-bond donors (Lipinski definition) is 2. The molecule has 3 aromatic rings. The Hall–Kier alpha value is -2.93. The second-order valence-electron chi connectivity index (χ2n) is 6.99. The van der Waals surface area contributed by atoms with Crippen molar-refractivity contribution in [1.82, 2.24) is 20.1 Å². The van der Waals surface area contributed by atoms with E-state index in [-0.39, 0.29) is 5.91 Å². The zero-order chi connectivity index (χ0) is 20.6. The number of nitrogens with one attached hydrogen (secondary N) is 2. The molecule has 0 bridgehead atoms. The van der Waals surface area contributed by atoms with Gasteiger partial charge in [0.1, 0.15) is 5.75 Å². The van der Waals surface area contributed by atoms with Gasteiger partial charge in [0.05, 0.1) is 6.61 Å². The Labute approximate surface area is 175 Å². The molecular formula is C22H26N4O2S. The quantitative estimate of drug-likeness (QED) is 0.410. The molecule has 0 aliphatic rings. The predicted molar refractivity (Wildman–Crippen MR) is 117 cm³/mol. The highest BCUT2D eigenvalue weighted by molar-refractivity contribution is 7.71. The molecule has 0 aliphatic carbocycles. The number of rotatable bonds is 9. The van der Waals surface area contributed by atoms with Crippen molar-refractivity contribution in [3.8, 4) is 17.1 Å². The fourth-order valence-corrected chi connectivity index (χ4v) is 3.17. The van der Waals surface area contributed by atoms with Crippen LogP contribution in [0.1, 0.15) is 24.0 Å². The summed E-state index contributed by atoms with van der Waals surface area (Å²) in [5.74, 6) is 1.59. The van der Waals surface area contributed by atoms with Crippen molar-refractivity contribution < 1.29 is 9.53 Å². The average molecular weight is 411 g/mol. The van der Waals surface area contributed by atoms with E-state index in [0.717, 1.165) is 23.6 Å². The Morgan fingerprint density at radius 1 is 1.17 bits per heavy atom. The number of aromatic amines is 1. The van der Waals surface area contributed by atoms with E-state index in [0.29, 0.717) is 30.9 Å². The Morgan fingerprint density at radius 2 is 1.97 bits per heavy atom. The predicted octanol–water partition coefficient (Wildman–Crippen LogP) is 4.20. The fraction of sp³-hybridized carbons (Fsp3) is 0.318. The van der Waals surface area contributed by atoms with Crippen molar-refractivity contribution in [1.29, 1.82) is 0 Å². The van der Waals surface area contributed by atoms with Crippen LogP contribution in [0.4, 0.5) is 0 Å². The van der Waals surface area contributed by atoms with E-state index in [2.05, 4.69) is 15.5 Å². The normalized spacial score (nSPS) is 10.7. The highest BCUT2D eigenvalue weighted by Gasteiger charge is 2.10. The van der Waals surface area contributed by atoms with Gasteiger partial charge in [0.2, 0.25) is 5.91 Å². The highest BCUT2D eigenvalue weighted by atomic mass is 32.1. The van der Waals surface area contributed by atoms with Gasteiger partial charge in [-0.2, -0.15) is 5.10 Å². The summed E-state index contributed by atoms with van der Waals surface area (Å²) in [6.45, 7) is 5.69. The second kappa shape index (κ2) is 10.0. The summed E-state index contributed by atoms with van der Waals surface area (Å²) >= 11 is 5.32. The Morgan fingerprint density at radius 3 is 2.72 bits per heavy atom. The Balaban J connectivity index is 1.43. The van der Waals surface area contributed by atoms with E-state index in [1.54, 1.807) is 0 Å².